The monoisotopic (exact) mass is 276 g/mol. The van der Waals surface area contributed by atoms with Crippen molar-refractivity contribution in [2.45, 2.75) is 32.9 Å². The quantitative estimate of drug-likeness (QED) is 0.855. The number of carbonyl (C=O) groups excluding carboxylic acids is 1. The molecule has 2 rings (SSSR count). The van der Waals surface area contributed by atoms with E-state index in [1.54, 1.807) is 14.0 Å². The highest BCUT2D eigenvalue weighted by Gasteiger charge is 2.23. The fourth-order valence-corrected chi connectivity index (χ4v) is 2.76. The van der Waals surface area contributed by atoms with Crippen LogP contribution in [0.5, 0.6) is 5.75 Å². The highest BCUT2D eigenvalue weighted by atomic mass is 16.5. The van der Waals surface area contributed by atoms with Gasteiger partial charge in [-0.2, -0.15) is 0 Å². The highest BCUT2D eigenvalue weighted by molar-refractivity contribution is 5.94. The molecule has 0 radical (unpaired) electrons. The van der Waals surface area contributed by atoms with Gasteiger partial charge < -0.3 is 10.5 Å². The van der Waals surface area contributed by atoms with Crippen molar-refractivity contribution in [3.05, 3.63) is 29.3 Å². The van der Waals surface area contributed by atoms with Crippen molar-refractivity contribution in [3.8, 4) is 5.75 Å². The summed E-state index contributed by atoms with van der Waals surface area (Å²) >= 11 is 0. The highest BCUT2D eigenvalue weighted by Crippen LogP contribution is 2.24. The van der Waals surface area contributed by atoms with Crippen LogP contribution in [-0.4, -0.2) is 36.9 Å². The van der Waals surface area contributed by atoms with E-state index in [2.05, 4.69) is 11.8 Å². The Labute approximate surface area is 120 Å². The average molecular weight is 276 g/mol. The molecule has 1 aliphatic rings. The first-order chi connectivity index (χ1) is 9.51. The number of Topliss-reactive ketones (excluding diaryl/α,β-unsaturated/α-hetero) is 1. The van der Waals surface area contributed by atoms with Crippen molar-refractivity contribution >= 4 is 5.78 Å². The van der Waals surface area contributed by atoms with E-state index in [0.29, 0.717) is 12.0 Å². The molecule has 110 valence electrons. The number of hydrogen-bond acceptors (Lipinski definition) is 4. The molecule has 0 saturated carbocycles. The first-order valence-corrected chi connectivity index (χ1v) is 7.17. The van der Waals surface area contributed by atoms with E-state index >= 15 is 0 Å². The van der Waals surface area contributed by atoms with Crippen molar-refractivity contribution in [2.75, 3.05) is 20.2 Å². The standard InChI is InChI=1S/C16H24N2O2/c1-11-9-18(7-6-15(11)17)10-14-8-13(12(2)19)4-5-16(14)20-3/h4-5,8,11,15H,6-7,9-10,17H2,1-3H3. The Hall–Kier alpha value is -1.39. The van der Waals surface area contributed by atoms with Crippen LogP contribution >= 0.6 is 0 Å². The molecule has 0 spiro atoms. The van der Waals surface area contributed by atoms with Crippen LogP contribution in [0.1, 0.15) is 36.2 Å². The molecular weight excluding hydrogens is 252 g/mol. The fraction of sp³-hybridized carbons (Fsp3) is 0.562. The van der Waals surface area contributed by atoms with E-state index in [1.807, 2.05) is 18.2 Å². The number of methoxy groups -OCH3 is 1. The number of ketones is 1. The smallest absolute Gasteiger partial charge is 0.159 e. The molecule has 1 fully saturated rings. The largest absolute Gasteiger partial charge is 0.496 e. The third-order valence-electron chi connectivity index (χ3n) is 4.14. The van der Waals surface area contributed by atoms with Gasteiger partial charge in [0, 0.05) is 30.3 Å². The minimum atomic E-state index is 0.0861. The third-order valence-corrected chi connectivity index (χ3v) is 4.14. The predicted octanol–water partition coefficient (Wildman–Crippen LogP) is 2.07. The number of benzene rings is 1. The Morgan fingerprint density at radius 1 is 1.50 bits per heavy atom. The van der Waals surface area contributed by atoms with Gasteiger partial charge in [-0.15, -0.1) is 0 Å². The maximum Gasteiger partial charge on any atom is 0.159 e. The molecule has 20 heavy (non-hydrogen) atoms. The molecule has 1 aliphatic heterocycles. The van der Waals surface area contributed by atoms with E-state index < -0.39 is 0 Å². The second-order valence-corrected chi connectivity index (χ2v) is 5.75. The summed E-state index contributed by atoms with van der Waals surface area (Å²) in [5.41, 5.74) is 7.87. The zero-order valence-corrected chi connectivity index (χ0v) is 12.6. The summed E-state index contributed by atoms with van der Waals surface area (Å²) in [4.78, 5) is 13.9. The second kappa shape index (κ2) is 6.37. The Morgan fingerprint density at radius 2 is 2.25 bits per heavy atom. The van der Waals surface area contributed by atoms with E-state index in [4.69, 9.17) is 10.5 Å². The molecule has 1 aromatic rings. The number of likely N-dealkylation sites (tertiary alicyclic amines) is 1. The van der Waals surface area contributed by atoms with Gasteiger partial charge in [0.1, 0.15) is 5.75 Å². The molecule has 1 aromatic carbocycles. The number of hydrogen-bond donors (Lipinski definition) is 1. The van der Waals surface area contributed by atoms with Gasteiger partial charge in [0.2, 0.25) is 0 Å². The number of nitrogens with zero attached hydrogens (tertiary/aromatic N) is 1. The van der Waals surface area contributed by atoms with Crippen LogP contribution < -0.4 is 10.5 Å². The van der Waals surface area contributed by atoms with Crippen LogP contribution in [0, 0.1) is 5.92 Å². The number of ether oxygens (including phenoxy) is 1. The van der Waals surface area contributed by atoms with Crippen LogP contribution in [0.3, 0.4) is 0 Å². The molecule has 1 saturated heterocycles. The molecule has 0 aromatic heterocycles. The van der Waals surface area contributed by atoms with Crippen LogP contribution in [0.15, 0.2) is 18.2 Å². The predicted molar refractivity (Wildman–Crippen MR) is 80.0 cm³/mol. The fourth-order valence-electron chi connectivity index (χ4n) is 2.76. The van der Waals surface area contributed by atoms with E-state index in [0.717, 1.165) is 42.9 Å². The first kappa shape index (κ1) is 15.0. The molecule has 1 heterocycles. The summed E-state index contributed by atoms with van der Waals surface area (Å²) < 4.78 is 5.41. The molecule has 0 bridgehead atoms. The minimum absolute atomic E-state index is 0.0861. The molecule has 0 aliphatic carbocycles. The van der Waals surface area contributed by atoms with Gasteiger partial charge in [0.15, 0.2) is 5.78 Å². The summed E-state index contributed by atoms with van der Waals surface area (Å²) in [5.74, 6) is 1.44. The lowest BCUT2D eigenvalue weighted by molar-refractivity contribution is 0.101. The Kier molecular flexibility index (Phi) is 4.78. The van der Waals surface area contributed by atoms with Gasteiger partial charge in [0.25, 0.3) is 0 Å². The van der Waals surface area contributed by atoms with Crippen LogP contribution in [-0.2, 0) is 6.54 Å². The lowest BCUT2D eigenvalue weighted by Gasteiger charge is -2.35. The molecule has 4 nitrogen and oxygen atoms in total. The summed E-state index contributed by atoms with van der Waals surface area (Å²) in [7, 11) is 1.67. The number of carbonyl (C=O) groups is 1. The van der Waals surface area contributed by atoms with Gasteiger partial charge in [-0.25, -0.2) is 0 Å². The van der Waals surface area contributed by atoms with Gasteiger partial charge in [0.05, 0.1) is 7.11 Å². The van der Waals surface area contributed by atoms with E-state index in [-0.39, 0.29) is 5.78 Å². The zero-order valence-electron chi connectivity index (χ0n) is 12.6. The summed E-state index contributed by atoms with van der Waals surface area (Å²) in [6, 6.07) is 5.95. The molecule has 0 amide bonds. The molecule has 2 atom stereocenters. The van der Waals surface area contributed by atoms with Crippen molar-refractivity contribution in [3.63, 3.8) is 0 Å². The third kappa shape index (κ3) is 3.38. The van der Waals surface area contributed by atoms with E-state index in [9.17, 15) is 4.79 Å². The first-order valence-electron chi connectivity index (χ1n) is 7.17. The SMILES string of the molecule is COc1ccc(C(C)=O)cc1CN1CCC(N)C(C)C1. The van der Waals surface area contributed by atoms with Gasteiger partial charge in [-0.3, -0.25) is 9.69 Å². The zero-order chi connectivity index (χ0) is 14.7. The lowest BCUT2D eigenvalue weighted by atomic mass is 9.94. The van der Waals surface area contributed by atoms with Crippen LogP contribution in [0.4, 0.5) is 0 Å². The molecular formula is C16H24N2O2. The van der Waals surface area contributed by atoms with Crippen molar-refractivity contribution in [1.29, 1.82) is 0 Å². The summed E-state index contributed by atoms with van der Waals surface area (Å²) in [6.45, 7) is 6.59. The number of nitrogens with two attached hydrogens (primary N) is 1. The molecule has 4 heteroatoms. The maximum atomic E-state index is 11.5. The van der Waals surface area contributed by atoms with E-state index in [1.165, 1.54) is 0 Å². The van der Waals surface area contributed by atoms with Gasteiger partial charge in [-0.1, -0.05) is 6.92 Å². The van der Waals surface area contributed by atoms with Crippen LogP contribution in [0.25, 0.3) is 0 Å². The maximum absolute atomic E-state index is 11.5. The summed E-state index contributed by atoms with van der Waals surface area (Å²) in [5, 5.41) is 0. The Balaban J connectivity index is 2.15. The normalized spacial score (nSPS) is 23.6. The van der Waals surface area contributed by atoms with Crippen molar-refractivity contribution < 1.29 is 9.53 Å². The second-order valence-electron chi connectivity index (χ2n) is 5.75. The van der Waals surface area contributed by atoms with Crippen molar-refractivity contribution in [2.24, 2.45) is 11.7 Å². The lowest BCUT2D eigenvalue weighted by Crippen LogP contribution is -2.45. The Bertz CT molecular complexity index is 487. The number of rotatable bonds is 4. The number of piperidine rings is 1. The summed E-state index contributed by atoms with van der Waals surface area (Å²) in [6.07, 6.45) is 1.02. The average Bonchev–Trinajstić information content (AvgIpc) is 2.42. The minimum Gasteiger partial charge on any atom is -0.496 e. The van der Waals surface area contributed by atoms with Crippen LogP contribution in [0.2, 0.25) is 0 Å². The van der Waals surface area contributed by atoms with Gasteiger partial charge in [-0.05, 0) is 44.0 Å². The molecule has 2 unspecified atom stereocenters. The Morgan fingerprint density at radius 3 is 2.85 bits per heavy atom. The van der Waals surface area contributed by atoms with Gasteiger partial charge >= 0.3 is 0 Å². The van der Waals surface area contributed by atoms with Crippen molar-refractivity contribution in [1.82, 2.24) is 4.90 Å². The molecule has 2 N–H and O–H groups in total. The topological polar surface area (TPSA) is 55.6 Å².